The third-order valence-electron chi connectivity index (χ3n) is 7.29. The summed E-state index contributed by atoms with van der Waals surface area (Å²) >= 11 is 0. The molecule has 3 aromatic rings. The SMILES string of the molecule is C=CC(=O)OCCCCCCOc1ccc(CCc2ccc(C(=O)Oc3ccc(OCCCCCCOC(=O)C=C)cc3)cc2)cc1. The lowest BCUT2D eigenvalue weighted by Gasteiger charge is -2.09. The van der Waals surface area contributed by atoms with Gasteiger partial charge in [0, 0.05) is 12.2 Å². The van der Waals surface area contributed by atoms with Crippen molar-refractivity contribution >= 4 is 17.9 Å². The van der Waals surface area contributed by atoms with Gasteiger partial charge < -0.3 is 23.7 Å². The van der Waals surface area contributed by atoms with Gasteiger partial charge in [0.05, 0.1) is 32.0 Å². The summed E-state index contributed by atoms with van der Waals surface area (Å²) < 4.78 is 27.1. The first-order chi connectivity index (χ1) is 23.0. The van der Waals surface area contributed by atoms with Gasteiger partial charge in [0.2, 0.25) is 0 Å². The standard InChI is InChI=1S/C39H46O8/c1-3-37(40)45-29-11-7-5-9-27-43-34-21-17-32(18-22-34)14-13-31-15-19-33(20-16-31)39(42)47-36-25-23-35(24-26-36)44-28-10-6-8-12-30-46-38(41)4-2/h3-4,15-26H,1-2,5-14,27-30H2. The highest BCUT2D eigenvalue weighted by molar-refractivity contribution is 5.91. The molecule has 0 atom stereocenters. The first kappa shape index (κ1) is 36.6. The number of rotatable bonds is 23. The van der Waals surface area contributed by atoms with Gasteiger partial charge in [-0.15, -0.1) is 0 Å². The normalized spacial score (nSPS) is 10.5. The maximum Gasteiger partial charge on any atom is 0.343 e. The van der Waals surface area contributed by atoms with E-state index in [4.69, 9.17) is 23.7 Å². The number of hydrogen-bond acceptors (Lipinski definition) is 8. The molecule has 0 heterocycles. The lowest BCUT2D eigenvalue weighted by molar-refractivity contribution is -0.138. The summed E-state index contributed by atoms with van der Waals surface area (Å²) in [7, 11) is 0. The molecule has 0 unspecified atom stereocenters. The Labute approximate surface area is 278 Å². The van der Waals surface area contributed by atoms with Crippen LogP contribution >= 0.6 is 0 Å². The number of unbranched alkanes of at least 4 members (excludes halogenated alkanes) is 6. The number of ether oxygens (including phenoxy) is 5. The Kier molecular flexibility index (Phi) is 17.0. The van der Waals surface area contributed by atoms with Crippen molar-refractivity contribution in [3.63, 3.8) is 0 Å². The average Bonchev–Trinajstić information content (AvgIpc) is 3.10. The second-order valence-corrected chi connectivity index (χ2v) is 11.0. The van der Waals surface area contributed by atoms with Crippen LogP contribution < -0.4 is 14.2 Å². The molecule has 3 aromatic carbocycles. The summed E-state index contributed by atoms with van der Waals surface area (Å²) in [5.41, 5.74) is 2.84. The number of benzene rings is 3. The Hall–Kier alpha value is -4.85. The molecule has 0 aliphatic carbocycles. The average molecular weight is 643 g/mol. The van der Waals surface area contributed by atoms with Crippen molar-refractivity contribution in [2.45, 2.75) is 64.2 Å². The zero-order chi connectivity index (χ0) is 33.5. The first-order valence-corrected chi connectivity index (χ1v) is 16.3. The summed E-state index contributed by atoms with van der Waals surface area (Å²) in [5, 5.41) is 0. The molecule has 250 valence electrons. The summed E-state index contributed by atoms with van der Waals surface area (Å²) in [6.07, 6.45) is 11.5. The Bertz CT molecular complexity index is 1380. The molecule has 0 radical (unpaired) electrons. The van der Waals surface area contributed by atoms with Crippen molar-refractivity contribution in [3.8, 4) is 17.2 Å². The van der Waals surface area contributed by atoms with Crippen LogP contribution in [0.4, 0.5) is 0 Å². The summed E-state index contributed by atoms with van der Waals surface area (Å²) in [6, 6.07) is 22.7. The van der Waals surface area contributed by atoms with E-state index in [1.165, 1.54) is 17.7 Å². The first-order valence-electron chi connectivity index (χ1n) is 16.3. The summed E-state index contributed by atoms with van der Waals surface area (Å²) in [4.78, 5) is 34.7. The van der Waals surface area contributed by atoms with E-state index >= 15 is 0 Å². The molecule has 0 aliphatic heterocycles. The van der Waals surface area contributed by atoms with E-state index in [0.717, 1.165) is 75.5 Å². The number of carbonyl (C=O) groups is 3. The summed E-state index contributed by atoms with van der Waals surface area (Å²) in [6.45, 7) is 8.83. The van der Waals surface area contributed by atoms with E-state index in [9.17, 15) is 14.4 Å². The molecule has 47 heavy (non-hydrogen) atoms. The quantitative estimate of drug-likeness (QED) is 0.0444. The van der Waals surface area contributed by atoms with Crippen LogP contribution in [0.1, 0.15) is 72.9 Å². The highest BCUT2D eigenvalue weighted by atomic mass is 16.5. The fraction of sp³-hybridized carbons (Fsp3) is 0.359. The van der Waals surface area contributed by atoms with Crippen molar-refractivity contribution in [2.75, 3.05) is 26.4 Å². The van der Waals surface area contributed by atoms with Crippen molar-refractivity contribution < 1.29 is 38.1 Å². The van der Waals surface area contributed by atoms with Crippen LogP contribution in [-0.4, -0.2) is 44.3 Å². The van der Waals surface area contributed by atoms with Gasteiger partial charge >= 0.3 is 17.9 Å². The molecule has 8 heteroatoms. The minimum Gasteiger partial charge on any atom is -0.494 e. The molecule has 0 saturated heterocycles. The largest absolute Gasteiger partial charge is 0.494 e. The van der Waals surface area contributed by atoms with Crippen LogP contribution in [0.5, 0.6) is 17.2 Å². The third kappa shape index (κ3) is 15.3. The second kappa shape index (κ2) is 21.8. The molecular weight excluding hydrogens is 596 g/mol. The van der Waals surface area contributed by atoms with Crippen molar-refractivity contribution in [2.24, 2.45) is 0 Å². The topological polar surface area (TPSA) is 97.4 Å². The highest BCUT2D eigenvalue weighted by Crippen LogP contribution is 2.20. The Morgan fingerprint density at radius 1 is 0.489 bits per heavy atom. The molecule has 0 aromatic heterocycles. The van der Waals surface area contributed by atoms with Gasteiger partial charge in [-0.2, -0.15) is 0 Å². The van der Waals surface area contributed by atoms with Crippen LogP contribution in [0, 0.1) is 0 Å². The van der Waals surface area contributed by atoms with E-state index in [0.29, 0.717) is 43.5 Å². The van der Waals surface area contributed by atoms with E-state index in [1.54, 1.807) is 36.4 Å². The Balaban J connectivity index is 1.28. The fourth-order valence-electron chi connectivity index (χ4n) is 4.58. The second-order valence-electron chi connectivity index (χ2n) is 11.0. The lowest BCUT2D eigenvalue weighted by atomic mass is 10.0. The van der Waals surface area contributed by atoms with E-state index < -0.39 is 5.97 Å². The molecular formula is C39H46O8. The van der Waals surface area contributed by atoms with Gasteiger partial charge in [-0.1, -0.05) is 37.4 Å². The number of carbonyl (C=O) groups excluding carboxylic acids is 3. The number of esters is 3. The predicted octanol–water partition coefficient (Wildman–Crippen LogP) is 8.03. The van der Waals surface area contributed by atoms with Gasteiger partial charge in [-0.3, -0.25) is 0 Å². The van der Waals surface area contributed by atoms with Crippen LogP contribution in [0.15, 0.2) is 98.1 Å². The molecule has 0 N–H and O–H groups in total. The van der Waals surface area contributed by atoms with Crippen molar-refractivity contribution in [3.05, 3.63) is 115 Å². The smallest absolute Gasteiger partial charge is 0.343 e. The molecule has 0 amide bonds. The van der Waals surface area contributed by atoms with Crippen LogP contribution in [0.2, 0.25) is 0 Å². The molecule has 8 nitrogen and oxygen atoms in total. The molecule has 3 rings (SSSR count). The van der Waals surface area contributed by atoms with Crippen molar-refractivity contribution in [1.29, 1.82) is 0 Å². The predicted molar refractivity (Wildman–Crippen MR) is 182 cm³/mol. The maximum atomic E-state index is 12.7. The maximum absolute atomic E-state index is 12.7. The van der Waals surface area contributed by atoms with Gasteiger partial charge in [0.25, 0.3) is 0 Å². The van der Waals surface area contributed by atoms with E-state index in [-0.39, 0.29) is 11.9 Å². The highest BCUT2D eigenvalue weighted by Gasteiger charge is 2.09. The fourth-order valence-corrected chi connectivity index (χ4v) is 4.58. The molecule has 0 bridgehead atoms. The minimum atomic E-state index is -0.409. The molecule has 0 fully saturated rings. The van der Waals surface area contributed by atoms with Crippen molar-refractivity contribution in [1.82, 2.24) is 0 Å². The minimum absolute atomic E-state index is 0.373. The monoisotopic (exact) mass is 642 g/mol. The molecule has 0 aliphatic rings. The van der Waals surface area contributed by atoms with Gasteiger partial charge in [-0.25, -0.2) is 14.4 Å². The zero-order valence-corrected chi connectivity index (χ0v) is 27.2. The van der Waals surface area contributed by atoms with Crippen LogP contribution in [0.25, 0.3) is 0 Å². The number of aryl methyl sites for hydroxylation is 2. The number of hydrogen-bond donors (Lipinski definition) is 0. The Morgan fingerprint density at radius 3 is 1.32 bits per heavy atom. The van der Waals surface area contributed by atoms with Gasteiger partial charge in [0.15, 0.2) is 0 Å². The zero-order valence-electron chi connectivity index (χ0n) is 27.2. The molecule has 0 saturated carbocycles. The van der Waals surface area contributed by atoms with Gasteiger partial charge in [0.1, 0.15) is 17.2 Å². The third-order valence-corrected chi connectivity index (χ3v) is 7.29. The van der Waals surface area contributed by atoms with E-state index in [2.05, 4.69) is 25.3 Å². The Morgan fingerprint density at radius 2 is 0.872 bits per heavy atom. The van der Waals surface area contributed by atoms with E-state index in [1.807, 2.05) is 24.3 Å². The molecule has 0 spiro atoms. The van der Waals surface area contributed by atoms with Crippen LogP contribution in [0.3, 0.4) is 0 Å². The van der Waals surface area contributed by atoms with Gasteiger partial charge in [-0.05, 0) is 124 Å². The van der Waals surface area contributed by atoms with Crippen LogP contribution in [-0.2, 0) is 31.9 Å². The lowest BCUT2D eigenvalue weighted by Crippen LogP contribution is -2.08. The summed E-state index contributed by atoms with van der Waals surface area (Å²) in [5.74, 6) is 0.853.